The summed E-state index contributed by atoms with van der Waals surface area (Å²) in [6.45, 7) is 0.896. The molecule has 3 nitrogen and oxygen atoms in total. The van der Waals surface area contributed by atoms with Crippen molar-refractivity contribution >= 4 is 35.0 Å². The van der Waals surface area contributed by atoms with Crippen molar-refractivity contribution < 1.29 is 4.79 Å². The van der Waals surface area contributed by atoms with E-state index in [-0.39, 0.29) is 0 Å². The number of carbonyl (C=O) groups excluding carboxylic acids is 1. The van der Waals surface area contributed by atoms with Gasteiger partial charge in [0, 0.05) is 12.2 Å². The molecule has 0 saturated heterocycles. The molecule has 0 aromatic heterocycles. The molecule has 1 amide bonds. The molecular weight excluding hydrogens is 244 g/mol. The van der Waals surface area contributed by atoms with E-state index >= 15 is 0 Å². The van der Waals surface area contributed by atoms with Crippen molar-refractivity contribution in [3.8, 4) is 0 Å². The molecule has 0 radical (unpaired) electrons. The molecule has 0 saturated carbocycles. The van der Waals surface area contributed by atoms with Crippen molar-refractivity contribution in [2.24, 2.45) is 5.73 Å². The van der Waals surface area contributed by atoms with Crippen LogP contribution in [0.5, 0.6) is 0 Å². The zero-order valence-electron chi connectivity index (χ0n) is 9.13. The maximum Gasteiger partial charge on any atom is 0.250 e. The van der Waals surface area contributed by atoms with Crippen LogP contribution in [0.3, 0.4) is 0 Å². The number of thioether (sulfide) groups is 1. The van der Waals surface area contributed by atoms with E-state index < -0.39 is 5.91 Å². The molecule has 0 atom stereocenters. The molecule has 0 unspecified atom stereocenters. The predicted octanol–water partition coefficient (Wildman–Crippen LogP) is 2.60. The number of anilines is 1. The predicted molar refractivity (Wildman–Crippen MR) is 71.5 cm³/mol. The van der Waals surface area contributed by atoms with Crippen LogP contribution >= 0.6 is 23.4 Å². The van der Waals surface area contributed by atoms with Crippen molar-refractivity contribution in [1.29, 1.82) is 0 Å². The molecule has 1 aromatic carbocycles. The van der Waals surface area contributed by atoms with Crippen molar-refractivity contribution in [3.63, 3.8) is 0 Å². The molecule has 1 aromatic rings. The summed E-state index contributed by atoms with van der Waals surface area (Å²) in [4.78, 5) is 10.9. The number of hydrogen-bond acceptors (Lipinski definition) is 3. The second-order valence-electron chi connectivity index (χ2n) is 3.33. The number of nitrogens with one attached hydrogen (secondary N) is 1. The molecule has 1 rings (SSSR count). The van der Waals surface area contributed by atoms with E-state index in [1.165, 1.54) is 0 Å². The zero-order chi connectivity index (χ0) is 12.0. The Morgan fingerprint density at radius 1 is 1.56 bits per heavy atom. The number of nitrogens with two attached hydrogens (primary N) is 1. The number of primary amides is 1. The number of amides is 1. The van der Waals surface area contributed by atoms with Crippen LogP contribution < -0.4 is 11.1 Å². The Morgan fingerprint density at radius 3 is 2.88 bits per heavy atom. The van der Waals surface area contributed by atoms with E-state index in [2.05, 4.69) is 11.6 Å². The van der Waals surface area contributed by atoms with Crippen LogP contribution in [-0.4, -0.2) is 24.5 Å². The minimum atomic E-state index is -0.501. The topological polar surface area (TPSA) is 55.1 Å². The van der Waals surface area contributed by atoms with Gasteiger partial charge in [-0.1, -0.05) is 11.6 Å². The van der Waals surface area contributed by atoms with Gasteiger partial charge in [0.15, 0.2) is 0 Å². The van der Waals surface area contributed by atoms with Gasteiger partial charge in [0.2, 0.25) is 5.91 Å². The first kappa shape index (κ1) is 13.2. The minimum absolute atomic E-state index is 0.358. The van der Waals surface area contributed by atoms with Gasteiger partial charge >= 0.3 is 0 Å². The summed E-state index contributed by atoms with van der Waals surface area (Å²) < 4.78 is 0. The Labute approximate surface area is 105 Å². The first-order chi connectivity index (χ1) is 7.65. The summed E-state index contributed by atoms with van der Waals surface area (Å²) >= 11 is 7.74. The van der Waals surface area contributed by atoms with Crippen LogP contribution in [0.15, 0.2) is 18.2 Å². The lowest BCUT2D eigenvalue weighted by molar-refractivity contribution is 0.100. The van der Waals surface area contributed by atoms with Gasteiger partial charge in [-0.15, -0.1) is 0 Å². The molecule has 0 fully saturated rings. The molecule has 0 aliphatic heterocycles. The third kappa shape index (κ3) is 3.94. The number of hydrogen-bond donors (Lipinski definition) is 2. The molecule has 0 aliphatic carbocycles. The Balaban J connectivity index is 2.56. The van der Waals surface area contributed by atoms with Crippen LogP contribution in [0, 0.1) is 0 Å². The molecule has 88 valence electrons. The Morgan fingerprint density at radius 2 is 2.31 bits per heavy atom. The highest BCUT2D eigenvalue weighted by Crippen LogP contribution is 2.20. The maximum atomic E-state index is 10.9. The van der Waals surface area contributed by atoms with Crippen molar-refractivity contribution in [2.45, 2.75) is 6.42 Å². The molecule has 0 bridgehead atoms. The van der Waals surface area contributed by atoms with Crippen LogP contribution in [-0.2, 0) is 0 Å². The quantitative estimate of drug-likeness (QED) is 0.772. The maximum absolute atomic E-state index is 10.9. The monoisotopic (exact) mass is 258 g/mol. The van der Waals surface area contributed by atoms with E-state index in [0.29, 0.717) is 10.6 Å². The molecule has 0 spiro atoms. The normalized spacial score (nSPS) is 10.1. The third-order valence-corrected chi connectivity index (χ3v) is 3.10. The summed E-state index contributed by atoms with van der Waals surface area (Å²) in [6, 6.07) is 5.17. The highest BCUT2D eigenvalue weighted by molar-refractivity contribution is 7.98. The summed E-state index contributed by atoms with van der Waals surface area (Å²) in [6.07, 6.45) is 3.18. The standard InChI is InChI=1S/C11H15ClN2OS/c1-16-6-2-5-14-8-3-4-9(11(13)15)10(12)7-8/h3-4,7,14H,2,5-6H2,1H3,(H2,13,15). The highest BCUT2D eigenvalue weighted by atomic mass is 35.5. The average molecular weight is 259 g/mol. The van der Waals surface area contributed by atoms with Crippen LogP contribution in [0.2, 0.25) is 5.02 Å². The lowest BCUT2D eigenvalue weighted by atomic mass is 10.2. The van der Waals surface area contributed by atoms with Gasteiger partial charge in [-0.25, -0.2) is 0 Å². The SMILES string of the molecule is CSCCCNc1ccc(C(N)=O)c(Cl)c1. The molecular formula is C11H15ClN2OS. The summed E-state index contributed by atoms with van der Waals surface area (Å²) in [5.41, 5.74) is 6.43. The number of benzene rings is 1. The van der Waals surface area contributed by atoms with Crippen LogP contribution in [0.25, 0.3) is 0 Å². The minimum Gasteiger partial charge on any atom is -0.385 e. The molecule has 16 heavy (non-hydrogen) atoms. The van der Waals surface area contributed by atoms with Crippen molar-refractivity contribution in [3.05, 3.63) is 28.8 Å². The van der Waals surface area contributed by atoms with Crippen molar-refractivity contribution in [1.82, 2.24) is 0 Å². The smallest absolute Gasteiger partial charge is 0.250 e. The molecule has 0 aliphatic rings. The summed E-state index contributed by atoms with van der Waals surface area (Å²) in [5, 5.41) is 3.63. The Bertz CT molecular complexity index is 371. The molecule has 5 heteroatoms. The average Bonchev–Trinajstić information content (AvgIpc) is 2.24. The van der Waals surface area contributed by atoms with Gasteiger partial charge in [-0.05, 0) is 36.6 Å². The van der Waals surface area contributed by atoms with E-state index in [1.807, 2.05) is 17.8 Å². The van der Waals surface area contributed by atoms with Gasteiger partial charge < -0.3 is 11.1 Å². The van der Waals surface area contributed by atoms with Gasteiger partial charge in [0.25, 0.3) is 0 Å². The Hall–Kier alpha value is -0.870. The fourth-order valence-electron chi connectivity index (χ4n) is 1.27. The molecule has 0 heterocycles. The van der Waals surface area contributed by atoms with E-state index in [4.69, 9.17) is 17.3 Å². The summed E-state index contributed by atoms with van der Waals surface area (Å²) in [5.74, 6) is 0.624. The summed E-state index contributed by atoms with van der Waals surface area (Å²) in [7, 11) is 0. The lowest BCUT2D eigenvalue weighted by Gasteiger charge is -2.07. The van der Waals surface area contributed by atoms with Crippen molar-refractivity contribution in [2.75, 3.05) is 23.9 Å². The highest BCUT2D eigenvalue weighted by Gasteiger charge is 2.06. The fourth-order valence-corrected chi connectivity index (χ4v) is 1.98. The third-order valence-electron chi connectivity index (χ3n) is 2.09. The zero-order valence-corrected chi connectivity index (χ0v) is 10.7. The van der Waals surface area contributed by atoms with Gasteiger partial charge in [-0.2, -0.15) is 11.8 Å². The second-order valence-corrected chi connectivity index (χ2v) is 4.72. The van der Waals surface area contributed by atoms with E-state index in [9.17, 15) is 4.79 Å². The fraction of sp³-hybridized carbons (Fsp3) is 0.364. The van der Waals surface area contributed by atoms with Gasteiger partial charge in [0.1, 0.15) is 0 Å². The Kier molecular flexibility index (Phi) is 5.49. The van der Waals surface area contributed by atoms with E-state index in [1.54, 1.807) is 12.1 Å². The first-order valence-corrected chi connectivity index (χ1v) is 6.74. The number of halogens is 1. The van der Waals surface area contributed by atoms with Gasteiger partial charge in [0.05, 0.1) is 10.6 Å². The number of carbonyl (C=O) groups is 1. The first-order valence-electron chi connectivity index (χ1n) is 4.97. The van der Waals surface area contributed by atoms with E-state index in [0.717, 1.165) is 24.4 Å². The number of rotatable bonds is 6. The lowest BCUT2D eigenvalue weighted by Crippen LogP contribution is -2.11. The van der Waals surface area contributed by atoms with Crippen LogP contribution in [0.1, 0.15) is 16.8 Å². The molecule has 3 N–H and O–H groups in total. The van der Waals surface area contributed by atoms with Gasteiger partial charge in [-0.3, -0.25) is 4.79 Å². The second kappa shape index (κ2) is 6.66. The largest absolute Gasteiger partial charge is 0.385 e. The van der Waals surface area contributed by atoms with Crippen LogP contribution in [0.4, 0.5) is 5.69 Å².